The van der Waals surface area contributed by atoms with Gasteiger partial charge in [0.2, 0.25) is 0 Å². The molecule has 10 rings (SSSR count). The van der Waals surface area contributed by atoms with Gasteiger partial charge in [-0.1, -0.05) is 455 Å². The van der Waals surface area contributed by atoms with Crippen molar-refractivity contribution in [2.24, 2.45) is 5.92 Å². The smallest absolute Gasteiger partial charge is 0.154 e. The number of hydrogen-bond acceptors (Lipinski definition) is 0. The van der Waals surface area contributed by atoms with E-state index in [1.165, 1.54) is 166 Å². The first-order valence-corrected chi connectivity index (χ1v) is 46.5. The van der Waals surface area contributed by atoms with Gasteiger partial charge in [-0.3, -0.25) is 6.08 Å². The second-order valence-electron chi connectivity index (χ2n) is 48.9. The molecule has 661 valence electrons. The summed E-state index contributed by atoms with van der Waals surface area (Å²) in [6, 6.07) is 69.6. The number of rotatable bonds is 15. The summed E-state index contributed by atoms with van der Waals surface area (Å²) in [6.45, 7) is 94.6. The molecule has 1 aliphatic rings. The van der Waals surface area contributed by atoms with Crippen molar-refractivity contribution in [2.75, 3.05) is 0 Å². The second-order valence-corrected chi connectivity index (χ2v) is 51.3. The van der Waals surface area contributed by atoms with Crippen LogP contribution in [0.4, 0.5) is 0 Å². The summed E-state index contributed by atoms with van der Waals surface area (Å²) in [4.78, 5) is 0. The average Bonchev–Trinajstić information content (AvgIpc) is 0.909. The monoisotopic (exact) mass is 1750 g/mol. The molecule has 0 heterocycles. The van der Waals surface area contributed by atoms with Crippen molar-refractivity contribution in [3.8, 4) is 0 Å². The Morgan fingerprint density at radius 1 is 0.205 bits per heavy atom. The minimum absolute atomic E-state index is 0. The van der Waals surface area contributed by atoms with Crippen LogP contribution >= 0.6 is 0 Å². The van der Waals surface area contributed by atoms with E-state index < -0.39 is 8.80 Å². The van der Waals surface area contributed by atoms with Gasteiger partial charge in [0.15, 0.2) is 8.80 Å². The van der Waals surface area contributed by atoms with Gasteiger partial charge in [0.25, 0.3) is 0 Å². The van der Waals surface area contributed by atoms with E-state index >= 15 is 0 Å². The third kappa shape index (κ3) is 28.6. The van der Waals surface area contributed by atoms with Crippen LogP contribution in [0.15, 0.2) is 181 Å². The van der Waals surface area contributed by atoms with Gasteiger partial charge in [-0.15, -0.1) is 6.92 Å². The Labute approximate surface area is 783 Å². The number of benzene rings is 9. The number of halogens is 3. The molecule has 0 saturated heterocycles. The van der Waals surface area contributed by atoms with Crippen molar-refractivity contribution in [3.05, 3.63) is 320 Å². The molecule has 0 amide bonds. The first-order chi connectivity index (χ1) is 53.5. The fourth-order valence-corrected chi connectivity index (χ4v) is 19.3. The zero-order valence-corrected chi connectivity index (χ0v) is 88.9. The standard InChI is InChI=1S/C108H147Si.C9H13.3ClH.Ti/c1-97(2,3)82-46-76(47-83(64-82)98(4,5)6)40-70-37-71(41-77-48-84(99(7,8)9)65-85(49-77)100(10,11)12)59-94(58-70)109(95-60-72(42-78-50-86(101(13,14)15)66-87(51-78)102(16,17)18)38-73(61-95)43-79-52-88(103(19,20)21)67-89(53-79)104(22,23)24)96-62-74(44-80-54-90(105(25,26)27)68-91(55-80)106(28,29)30)39-75(63-96)45-81-56-92(107(31,32)33)69-93(57-81)108(34,35)36;1-6-5-7(2)9(4)8(6)3;;;;/h37-39,46-69H,40-45H2,1-36H3;6H,1-4H3;3*1H;/q;-1;;;;/p-3. The molecule has 0 N–H and O–H groups in total. The predicted molar refractivity (Wildman–Crippen MR) is 524 cm³/mol. The second kappa shape index (κ2) is 39.1. The van der Waals surface area contributed by atoms with Crippen LogP contribution in [0.25, 0.3) is 0 Å². The molecule has 1 radical (unpaired) electrons. The van der Waals surface area contributed by atoms with Gasteiger partial charge in [0.1, 0.15) is 0 Å². The van der Waals surface area contributed by atoms with Crippen LogP contribution in [0.1, 0.15) is 410 Å². The van der Waals surface area contributed by atoms with Crippen molar-refractivity contribution >= 4 is 24.4 Å². The maximum Gasteiger partial charge on any atom is 0.154 e. The molecular weight excluding hydrogens is 1590 g/mol. The van der Waals surface area contributed by atoms with Crippen molar-refractivity contribution in [1.82, 2.24) is 0 Å². The molecule has 0 saturated carbocycles. The Balaban J connectivity index is 0.00000191. The summed E-state index contributed by atoms with van der Waals surface area (Å²) in [7, 11) is -1.93. The SMILES string of the molecule is CC(C)(C)c1cc(Cc2cc(Cc3cc(C(C)(C)C)cc(C(C)(C)C)c3)cc([Si](c3cc(Cc4cc(C(C)(C)C)cc(C(C)(C)C)c4)cc(Cc4cc(C(C)(C)C)cc(C(C)(C)C)c4)c3)c3cc(Cc4cc(C(C)(C)C)cc(C(C)(C)C)c4)cc(Cc4cc(C(C)(C)C)cc(C(C)(C)C)c4)c3)c2)cc(C(C)(C)C)c1.CC1=[C-]C(C)C(C)=C1C.[Cl-].[Cl-].[Cl-].[Ti]. The maximum atomic E-state index is 3.36. The average molecular weight is 1750 g/mol. The molecule has 0 aromatic heterocycles. The van der Waals surface area contributed by atoms with Gasteiger partial charge < -0.3 is 37.2 Å². The summed E-state index contributed by atoms with van der Waals surface area (Å²) >= 11 is 0. The zero-order chi connectivity index (χ0) is 88.5. The fourth-order valence-electron chi connectivity index (χ4n) is 16.4. The van der Waals surface area contributed by atoms with Crippen molar-refractivity contribution < 1.29 is 58.9 Å². The largest absolute Gasteiger partial charge is 1.00 e. The Morgan fingerprint density at radius 2 is 0.328 bits per heavy atom. The summed E-state index contributed by atoms with van der Waals surface area (Å²) < 4.78 is 0. The molecule has 1 atom stereocenters. The Bertz CT molecular complexity index is 4220. The Kier molecular flexibility index (Phi) is 34.2. The van der Waals surface area contributed by atoms with E-state index in [-0.39, 0.29) is 124 Å². The molecule has 0 spiro atoms. The molecule has 0 fully saturated rings. The Morgan fingerprint density at radius 3 is 0.418 bits per heavy atom. The molecule has 122 heavy (non-hydrogen) atoms. The van der Waals surface area contributed by atoms with Gasteiger partial charge in [-0.25, -0.2) is 5.57 Å². The van der Waals surface area contributed by atoms with Crippen LogP contribution in [0, 0.1) is 12.0 Å². The summed E-state index contributed by atoms with van der Waals surface area (Å²) in [5.41, 5.74) is 37.3. The minimum atomic E-state index is -1.93. The molecule has 0 nitrogen and oxygen atoms in total. The molecule has 1 unspecified atom stereocenters. The van der Waals surface area contributed by atoms with E-state index in [0.717, 1.165) is 38.5 Å². The van der Waals surface area contributed by atoms with E-state index in [9.17, 15) is 0 Å². The number of hydrogen-bond donors (Lipinski definition) is 0. The van der Waals surface area contributed by atoms with Crippen LogP contribution < -0.4 is 52.8 Å². The topological polar surface area (TPSA) is 0 Å². The molecular formula is C117H160Cl3SiTi-4. The predicted octanol–water partition coefficient (Wildman–Crippen LogP) is 21.0. The van der Waals surface area contributed by atoms with E-state index in [2.05, 4.69) is 447 Å². The first kappa shape index (κ1) is 107. The van der Waals surface area contributed by atoms with E-state index in [0.29, 0.717) is 5.92 Å². The van der Waals surface area contributed by atoms with Crippen LogP contribution in [0.3, 0.4) is 0 Å². The Hall–Kier alpha value is -5.74. The van der Waals surface area contributed by atoms with Crippen LogP contribution in [-0.2, 0) is 125 Å². The van der Waals surface area contributed by atoms with E-state index in [1.54, 1.807) is 0 Å². The molecule has 9 aromatic carbocycles. The zero-order valence-electron chi connectivity index (χ0n) is 84.0. The van der Waals surface area contributed by atoms with E-state index in [4.69, 9.17) is 0 Å². The molecule has 0 bridgehead atoms. The fraction of sp³-hybridized carbons (Fsp3) is 0.504. The van der Waals surface area contributed by atoms with Crippen LogP contribution in [0.5, 0.6) is 0 Å². The van der Waals surface area contributed by atoms with E-state index in [1.807, 2.05) is 0 Å². The van der Waals surface area contributed by atoms with Gasteiger partial charge in [0.05, 0.1) is 0 Å². The quantitative estimate of drug-likeness (QED) is 0.0545. The van der Waals surface area contributed by atoms with Gasteiger partial charge in [-0.2, -0.15) is 11.1 Å². The summed E-state index contributed by atoms with van der Waals surface area (Å²) in [5, 5.41) is 4.33. The maximum absolute atomic E-state index is 3.36. The third-order valence-electron chi connectivity index (χ3n) is 25.1. The minimum Gasteiger partial charge on any atom is -1.00 e. The summed E-state index contributed by atoms with van der Waals surface area (Å²) in [6.07, 6.45) is 8.33. The normalized spacial score (nSPS) is 14.2. The van der Waals surface area contributed by atoms with Crippen molar-refractivity contribution in [3.63, 3.8) is 0 Å². The third-order valence-corrected chi connectivity index (χ3v) is 27.7. The van der Waals surface area contributed by atoms with Gasteiger partial charge >= 0.3 is 0 Å². The van der Waals surface area contributed by atoms with Crippen molar-refractivity contribution in [2.45, 2.75) is 380 Å². The summed E-state index contributed by atoms with van der Waals surface area (Å²) in [5.74, 6) is 0.560. The van der Waals surface area contributed by atoms with Gasteiger partial charge in [0, 0.05) is 21.7 Å². The van der Waals surface area contributed by atoms with Crippen LogP contribution in [0.2, 0.25) is 0 Å². The molecule has 5 heteroatoms. The van der Waals surface area contributed by atoms with Gasteiger partial charge in [-0.05, 0) is 237 Å². The molecule has 9 aromatic rings. The molecule has 1 aliphatic carbocycles. The number of allylic oxidation sites excluding steroid dienone is 4. The molecule has 0 aliphatic heterocycles. The van der Waals surface area contributed by atoms with Crippen molar-refractivity contribution in [1.29, 1.82) is 0 Å². The van der Waals surface area contributed by atoms with Crippen LogP contribution in [-0.4, -0.2) is 8.80 Å². The first-order valence-electron chi connectivity index (χ1n) is 45.0.